The molecular formula is C13H16N6O2S. The summed E-state index contributed by atoms with van der Waals surface area (Å²) in [4.78, 5) is 33.2. The Kier molecular flexibility index (Phi) is 3.88. The molecule has 9 heteroatoms. The third kappa shape index (κ3) is 2.27. The molecule has 0 amide bonds. The first-order valence-electron chi connectivity index (χ1n) is 7.18. The van der Waals surface area contributed by atoms with Crippen molar-refractivity contribution in [2.75, 3.05) is 0 Å². The third-order valence-corrected chi connectivity index (χ3v) is 4.02. The summed E-state index contributed by atoms with van der Waals surface area (Å²) in [7, 11) is 0. The maximum Gasteiger partial charge on any atom is 0.332 e. The SMILES string of the molecule is CCCn1c(=O)c2[nH]c(-c3cnns3)nc2n(CCC)c1=O. The Morgan fingerprint density at radius 2 is 1.91 bits per heavy atom. The summed E-state index contributed by atoms with van der Waals surface area (Å²) in [5.41, 5.74) is 0.115. The second kappa shape index (κ2) is 5.84. The van der Waals surface area contributed by atoms with E-state index in [4.69, 9.17) is 0 Å². The van der Waals surface area contributed by atoms with Gasteiger partial charge in [0.15, 0.2) is 11.5 Å². The van der Waals surface area contributed by atoms with E-state index in [1.807, 2.05) is 13.8 Å². The molecule has 0 aliphatic rings. The maximum absolute atomic E-state index is 12.5. The maximum atomic E-state index is 12.5. The summed E-state index contributed by atoms with van der Waals surface area (Å²) in [6.45, 7) is 4.83. The van der Waals surface area contributed by atoms with Gasteiger partial charge in [0.2, 0.25) is 0 Å². The van der Waals surface area contributed by atoms with Crippen molar-refractivity contribution in [3.63, 3.8) is 0 Å². The monoisotopic (exact) mass is 320 g/mol. The average molecular weight is 320 g/mol. The highest BCUT2D eigenvalue weighted by Gasteiger charge is 2.17. The van der Waals surface area contributed by atoms with E-state index >= 15 is 0 Å². The average Bonchev–Trinajstić information content (AvgIpc) is 3.16. The highest BCUT2D eigenvalue weighted by molar-refractivity contribution is 7.09. The second-order valence-corrected chi connectivity index (χ2v) is 5.74. The van der Waals surface area contributed by atoms with Crippen molar-refractivity contribution in [1.82, 2.24) is 28.7 Å². The zero-order valence-corrected chi connectivity index (χ0v) is 13.2. The van der Waals surface area contributed by atoms with Crippen molar-refractivity contribution in [2.45, 2.75) is 39.8 Å². The smallest absolute Gasteiger partial charge is 0.331 e. The Balaban J connectivity index is 2.33. The number of aromatic nitrogens is 6. The highest BCUT2D eigenvalue weighted by atomic mass is 32.1. The van der Waals surface area contributed by atoms with Crippen LogP contribution in [0.15, 0.2) is 15.8 Å². The molecule has 0 saturated carbocycles. The molecule has 3 heterocycles. The summed E-state index contributed by atoms with van der Waals surface area (Å²) in [5, 5.41) is 3.77. The molecule has 0 radical (unpaired) electrons. The number of imidazole rings is 1. The number of hydrogen-bond donors (Lipinski definition) is 1. The molecule has 0 saturated heterocycles. The van der Waals surface area contributed by atoms with Crippen molar-refractivity contribution in [3.8, 4) is 10.7 Å². The van der Waals surface area contributed by atoms with Crippen LogP contribution in [-0.4, -0.2) is 28.7 Å². The van der Waals surface area contributed by atoms with Gasteiger partial charge in [-0.15, -0.1) is 5.10 Å². The number of aryl methyl sites for hydroxylation is 1. The van der Waals surface area contributed by atoms with Crippen LogP contribution in [0, 0.1) is 0 Å². The van der Waals surface area contributed by atoms with E-state index in [0.29, 0.717) is 36.5 Å². The molecule has 1 N–H and O–H groups in total. The standard InChI is InChI=1S/C13H16N6O2S/c1-3-5-18-11-9(12(20)19(6-4-2)13(18)21)15-10(16-11)8-7-14-17-22-8/h7H,3-6H2,1-2H3,(H,15,16). The molecule has 0 bridgehead atoms. The molecular weight excluding hydrogens is 304 g/mol. The summed E-state index contributed by atoms with van der Waals surface area (Å²) in [6, 6.07) is 0. The lowest BCUT2D eigenvalue weighted by Crippen LogP contribution is -2.40. The van der Waals surface area contributed by atoms with Gasteiger partial charge in [-0.2, -0.15) is 0 Å². The van der Waals surface area contributed by atoms with Crippen LogP contribution in [-0.2, 0) is 13.1 Å². The predicted molar refractivity (Wildman–Crippen MR) is 84.1 cm³/mol. The number of fused-ring (bicyclic) bond motifs is 1. The van der Waals surface area contributed by atoms with E-state index < -0.39 is 0 Å². The minimum absolute atomic E-state index is 0.304. The summed E-state index contributed by atoms with van der Waals surface area (Å²) >= 11 is 1.18. The first-order chi connectivity index (χ1) is 10.7. The summed E-state index contributed by atoms with van der Waals surface area (Å²) in [5.74, 6) is 0.514. The summed E-state index contributed by atoms with van der Waals surface area (Å²) in [6.07, 6.45) is 3.07. The molecule has 0 aliphatic heterocycles. The molecule has 0 spiro atoms. The van der Waals surface area contributed by atoms with Crippen molar-refractivity contribution in [3.05, 3.63) is 27.0 Å². The zero-order valence-electron chi connectivity index (χ0n) is 12.4. The van der Waals surface area contributed by atoms with Gasteiger partial charge in [-0.1, -0.05) is 18.3 Å². The van der Waals surface area contributed by atoms with Crippen LogP contribution in [0.1, 0.15) is 26.7 Å². The lowest BCUT2D eigenvalue weighted by Gasteiger charge is -2.09. The van der Waals surface area contributed by atoms with Crippen LogP contribution in [0.25, 0.3) is 21.9 Å². The van der Waals surface area contributed by atoms with Crippen molar-refractivity contribution in [1.29, 1.82) is 0 Å². The number of H-pyrrole nitrogens is 1. The predicted octanol–water partition coefficient (Wildman–Crippen LogP) is 1.22. The fourth-order valence-corrected chi connectivity index (χ4v) is 2.86. The molecule has 0 fully saturated rings. The Morgan fingerprint density at radius 3 is 2.55 bits per heavy atom. The van der Waals surface area contributed by atoms with Gasteiger partial charge >= 0.3 is 5.69 Å². The van der Waals surface area contributed by atoms with Crippen LogP contribution in [0.3, 0.4) is 0 Å². The van der Waals surface area contributed by atoms with Crippen LogP contribution < -0.4 is 11.2 Å². The van der Waals surface area contributed by atoms with Gasteiger partial charge in [0.05, 0.1) is 6.20 Å². The number of nitrogens with zero attached hydrogens (tertiary/aromatic N) is 5. The minimum atomic E-state index is -0.328. The topological polar surface area (TPSA) is 98.5 Å². The van der Waals surface area contributed by atoms with Crippen LogP contribution in [0.4, 0.5) is 0 Å². The van der Waals surface area contributed by atoms with E-state index in [9.17, 15) is 9.59 Å². The number of rotatable bonds is 5. The van der Waals surface area contributed by atoms with Crippen LogP contribution in [0.5, 0.6) is 0 Å². The lowest BCUT2D eigenvalue weighted by atomic mass is 10.4. The van der Waals surface area contributed by atoms with Crippen LogP contribution in [0.2, 0.25) is 0 Å². The Labute approximate surface area is 129 Å². The van der Waals surface area contributed by atoms with Crippen molar-refractivity contribution < 1.29 is 0 Å². The zero-order chi connectivity index (χ0) is 15.7. The van der Waals surface area contributed by atoms with Gasteiger partial charge in [-0.3, -0.25) is 13.9 Å². The molecule has 0 atom stereocenters. The van der Waals surface area contributed by atoms with E-state index in [-0.39, 0.29) is 11.2 Å². The number of aromatic amines is 1. The van der Waals surface area contributed by atoms with Gasteiger partial charge in [-0.05, 0) is 24.4 Å². The molecule has 22 heavy (non-hydrogen) atoms. The van der Waals surface area contributed by atoms with E-state index in [1.165, 1.54) is 16.1 Å². The molecule has 3 rings (SSSR count). The first-order valence-corrected chi connectivity index (χ1v) is 7.95. The first kappa shape index (κ1) is 14.6. The minimum Gasteiger partial charge on any atom is -0.331 e. The Bertz CT molecular complexity index is 905. The van der Waals surface area contributed by atoms with Gasteiger partial charge in [0.25, 0.3) is 5.56 Å². The molecule has 116 valence electrons. The number of nitrogens with one attached hydrogen (secondary N) is 1. The van der Waals surface area contributed by atoms with Crippen molar-refractivity contribution >= 4 is 22.7 Å². The van der Waals surface area contributed by atoms with E-state index in [1.54, 1.807) is 10.8 Å². The molecule has 0 aliphatic carbocycles. The lowest BCUT2D eigenvalue weighted by molar-refractivity contribution is 0.555. The molecule has 0 unspecified atom stereocenters. The number of hydrogen-bond acceptors (Lipinski definition) is 6. The van der Waals surface area contributed by atoms with Gasteiger partial charge < -0.3 is 4.98 Å². The molecule has 3 aromatic rings. The van der Waals surface area contributed by atoms with Gasteiger partial charge in [-0.25, -0.2) is 9.78 Å². The van der Waals surface area contributed by atoms with Crippen molar-refractivity contribution in [2.24, 2.45) is 0 Å². The van der Waals surface area contributed by atoms with Gasteiger partial charge in [0.1, 0.15) is 10.4 Å². The fraction of sp³-hybridized carbons (Fsp3) is 0.462. The normalized spacial score (nSPS) is 11.4. The molecule has 0 aromatic carbocycles. The molecule has 3 aromatic heterocycles. The Hall–Kier alpha value is -2.29. The quantitative estimate of drug-likeness (QED) is 0.762. The molecule has 8 nitrogen and oxygen atoms in total. The van der Waals surface area contributed by atoms with Crippen LogP contribution >= 0.6 is 11.5 Å². The Morgan fingerprint density at radius 1 is 1.18 bits per heavy atom. The van der Waals surface area contributed by atoms with E-state index in [0.717, 1.165) is 11.3 Å². The summed E-state index contributed by atoms with van der Waals surface area (Å²) < 4.78 is 6.62. The largest absolute Gasteiger partial charge is 0.332 e. The third-order valence-electron chi connectivity index (χ3n) is 3.35. The van der Waals surface area contributed by atoms with E-state index in [2.05, 4.69) is 19.6 Å². The van der Waals surface area contributed by atoms with Gasteiger partial charge in [0, 0.05) is 13.1 Å². The second-order valence-electron chi connectivity index (χ2n) is 4.96. The highest BCUT2D eigenvalue weighted by Crippen LogP contribution is 2.20. The fourth-order valence-electron chi connectivity index (χ4n) is 2.40.